The van der Waals surface area contributed by atoms with E-state index in [1.807, 2.05) is 72.8 Å². The maximum atomic E-state index is 13.0. The normalized spacial score (nSPS) is 23.6. The van der Waals surface area contributed by atoms with Crippen LogP contribution in [0, 0.1) is 0 Å². The number of halogens is 3. The van der Waals surface area contributed by atoms with Crippen LogP contribution in [0.1, 0.15) is 73.2 Å². The van der Waals surface area contributed by atoms with Gasteiger partial charge in [0.25, 0.3) is 0 Å². The summed E-state index contributed by atoms with van der Waals surface area (Å²) in [5, 5.41) is 12.2. The van der Waals surface area contributed by atoms with Crippen molar-refractivity contribution < 1.29 is 37.3 Å². The van der Waals surface area contributed by atoms with Gasteiger partial charge in [-0.2, -0.15) is 13.2 Å². The van der Waals surface area contributed by atoms with Gasteiger partial charge >= 0.3 is 12.1 Å². The summed E-state index contributed by atoms with van der Waals surface area (Å²) in [6.07, 6.45) is -0.896. The number of hydrogen-bond donors (Lipinski definition) is 2. The summed E-state index contributed by atoms with van der Waals surface area (Å²) in [4.78, 5) is 27.7. The highest BCUT2D eigenvalue weighted by Gasteiger charge is 2.47. The first-order valence-electron chi connectivity index (χ1n) is 16.8. The molecule has 3 aromatic rings. The zero-order valence-electron chi connectivity index (χ0n) is 26.8. The fourth-order valence-corrected chi connectivity index (χ4v) is 6.94. The zero-order chi connectivity index (χ0) is 33.7. The lowest BCUT2D eigenvalue weighted by Gasteiger charge is -2.39. The van der Waals surface area contributed by atoms with Gasteiger partial charge in [-0.05, 0) is 78.7 Å². The Hall–Kier alpha value is -3.77. The molecule has 3 aliphatic rings. The van der Waals surface area contributed by atoms with E-state index in [0.717, 1.165) is 59.4 Å². The van der Waals surface area contributed by atoms with Crippen molar-refractivity contribution in [2.75, 3.05) is 26.2 Å². The molecule has 0 saturated carbocycles. The van der Waals surface area contributed by atoms with Crippen LogP contribution in [-0.4, -0.2) is 71.2 Å². The minimum atomic E-state index is -5.01. The number of hydrogen-bond acceptors (Lipinski definition) is 6. The summed E-state index contributed by atoms with van der Waals surface area (Å²) in [6.45, 7) is 2.97. The van der Waals surface area contributed by atoms with Crippen LogP contribution in [0.15, 0.2) is 72.8 Å². The summed E-state index contributed by atoms with van der Waals surface area (Å²) in [5.74, 6) is -2.57. The van der Waals surface area contributed by atoms with Crippen LogP contribution in [0.5, 0.6) is 0 Å². The lowest BCUT2D eigenvalue weighted by atomic mass is 9.98. The second-order valence-corrected chi connectivity index (χ2v) is 12.9. The second kappa shape index (κ2) is 15.2. The van der Waals surface area contributed by atoms with E-state index in [1.165, 1.54) is 19.3 Å². The van der Waals surface area contributed by atoms with Crippen LogP contribution in [0.4, 0.5) is 13.2 Å². The molecule has 3 aliphatic heterocycles. The molecule has 4 atom stereocenters. The summed E-state index contributed by atoms with van der Waals surface area (Å²) in [6, 6.07) is 22.3. The van der Waals surface area contributed by atoms with Crippen LogP contribution >= 0.6 is 0 Å². The van der Waals surface area contributed by atoms with Crippen LogP contribution in [-0.2, 0) is 32.2 Å². The Morgan fingerprint density at radius 1 is 0.833 bits per heavy atom. The van der Waals surface area contributed by atoms with Gasteiger partial charge in [0.15, 0.2) is 6.29 Å². The van der Waals surface area contributed by atoms with Crippen LogP contribution in [0.3, 0.4) is 0 Å². The lowest BCUT2D eigenvalue weighted by molar-refractivity contribution is -0.253. The molecule has 11 heteroatoms. The molecule has 48 heavy (non-hydrogen) atoms. The molecule has 2 N–H and O–H groups in total. The molecular formula is C37H42F3N3O5. The van der Waals surface area contributed by atoms with E-state index in [1.54, 1.807) is 0 Å². The van der Waals surface area contributed by atoms with E-state index in [-0.39, 0.29) is 38.3 Å². The Labute approximate surface area is 278 Å². The fraction of sp³-hybridized carbons (Fsp3) is 0.459. The number of aliphatic hydroxyl groups is 1. The minimum Gasteiger partial charge on any atom is -0.392 e. The predicted molar refractivity (Wildman–Crippen MR) is 173 cm³/mol. The van der Waals surface area contributed by atoms with Crippen molar-refractivity contribution in [1.82, 2.24) is 15.1 Å². The van der Waals surface area contributed by atoms with Gasteiger partial charge in [-0.3, -0.25) is 9.59 Å². The molecule has 0 aliphatic carbocycles. The van der Waals surface area contributed by atoms with Crippen LogP contribution in [0.25, 0.3) is 11.1 Å². The first kappa shape index (κ1) is 34.1. The van der Waals surface area contributed by atoms with Gasteiger partial charge in [0.2, 0.25) is 5.91 Å². The molecule has 3 fully saturated rings. The molecule has 0 bridgehead atoms. The fourth-order valence-electron chi connectivity index (χ4n) is 6.94. The summed E-state index contributed by atoms with van der Waals surface area (Å²) < 4.78 is 52.3. The van der Waals surface area contributed by atoms with Crippen LogP contribution in [0.2, 0.25) is 0 Å². The van der Waals surface area contributed by atoms with Crippen molar-refractivity contribution in [1.29, 1.82) is 0 Å². The molecule has 3 heterocycles. The second-order valence-electron chi connectivity index (χ2n) is 12.9. The number of aliphatic hydroxyl groups excluding tert-OH is 1. The molecule has 6 rings (SSSR count). The van der Waals surface area contributed by atoms with Crippen LogP contribution < -0.4 is 5.32 Å². The third-order valence-corrected chi connectivity index (χ3v) is 9.47. The SMILES string of the molecule is O=C(NCc1cccc(-c2cccc([C@@H]3O[C@H](CN4CCCCC4)C[C@H](c4ccc(CO)cc4)O3)c2)c1)[C@@H]1CCCN1C(=O)C(F)(F)F. The first-order valence-corrected chi connectivity index (χ1v) is 16.8. The predicted octanol–water partition coefficient (Wildman–Crippen LogP) is 6.05. The number of ether oxygens (including phenoxy) is 2. The van der Waals surface area contributed by atoms with Crippen molar-refractivity contribution in [2.24, 2.45) is 0 Å². The van der Waals surface area contributed by atoms with Crippen molar-refractivity contribution in [3.63, 3.8) is 0 Å². The number of nitrogens with one attached hydrogen (secondary N) is 1. The number of nitrogens with zero attached hydrogens (tertiary/aromatic N) is 2. The Kier molecular flexibility index (Phi) is 10.8. The minimum absolute atomic E-state index is 0.0163. The summed E-state index contributed by atoms with van der Waals surface area (Å²) in [7, 11) is 0. The Morgan fingerprint density at radius 2 is 1.56 bits per heavy atom. The van der Waals surface area contributed by atoms with Crippen molar-refractivity contribution >= 4 is 11.8 Å². The molecule has 3 saturated heterocycles. The number of benzene rings is 3. The first-order chi connectivity index (χ1) is 23.2. The summed E-state index contributed by atoms with van der Waals surface area (Å²) >= 11 is 0. The maximum absolute atomic E-state index is 13.0. The lowest BCUT2D eigenvalue weighted by Crippen LogP contribution is -2.50. The maximum Gasteiger partial charge on any atom is 0.471 e. The molecule has 0 aromatic heterocycles. The molecule has 0 unspecified atom stereocenters. The van der Waals surface area contributed by atoms with Gasteiger partial charge in [-0.25, -0.2) is 0 Å². The molecule has 0 radical (unpaired) electrons. The quantitative estimate of drug-likeness (QED) is 0.290. The average Bonchev–Trinajstić information content (AvgIpc) is 3.60. The van der Waals surface area contributed by atoms with Gasteiger partial charge in [-0.15, -0.1) is 0 Å². The standard InChI is InChI=1S/C37H42F3N3O5/c38-37(39,40)36(46)43-18-6-11-32(43)34(45)41-22-26-7-4-8-28(19-26)29-9-5-10-30(20-29)35-47-31(23-42-16-2-1-3-17-42)21-33(48-35)27-14-12-25(24-44)13-15-27/h4-5,7-10,12-15,19-20,31-33,35,44H,1-3,6,11,16-18,21-24H2,(H,41,45)/t31-,32-,33+,35+/m0/s1. The van der Waals surface area contributed by atoms with E-state index in [9.17, 15) is 27.9 Å². The molecule has 8 nitrogen and oxygen atoms in total. The number of carbonyl (C=O) groups is 2. The van der Waals surface area contributed by atoms with E-state index in [0.29, 0.717) is 11.3 Å². The topological polar surface area (TPSA) is 91.3 Å². The number of rotatable bonds is 9. The van der Waals surface area contributed by atoms with Gasteiger partial charge in [0.1, 0.15) is 6.04 Å². The van der Waals surface area contributed by atoms with Gasteiger partial charge in [-0.1, -0.05) is 67.1 Å². The average molecular weight is 666 g/mol. The third kappa shape index (κ3) is 8.26. The smallest absolute Gasteiger partial charge is 0.392 e. The van der Waals surface area contributed by atoms with E-state index < -0.39 is 30.3 Å². The van der Waals surface area contributed by atoms with E-state index >= 15 is 0 Å². The molecule has 0 spiro atoms. The Bertz CT molecular complexity index is 1560. The third-order valence-electron chi connectivity index (χ3n) is 9.47. The highest BCUT2D eigenvalue weighted by Crippen LogP contribution is 2.39. The largest absolute Gasteiger partial charge is 0.471 e. The number of carbonyl (C=O) groups excluding carboxylic acids is 2. The Morgan fingerprint density at radius 3 is 2.29 bits per heavy atom. The van der Waals surface area contributed by atoms with Crippen molar-refractivity contribution in [3.8, 4) is 11.1 Å². The number of likely N-dealkylation sites (tertiary alicyclic amines) is 2. The monoisotopic (exact) mass is 665 g/mol. The van der Waals surface area contributed by atoms with Gasteiger partial charge in [0.05, 0.1) is 18.8 Å². The zero-order valence-corrected chi connectivity index (χ0v) is 26.8. The van der Waals surface area contributed by atoms with Gasteiger partial charge in [0, 0.05) is 31.6 Å². The van der Waals surface area contributed by atoms with Gasteiger partial charge < -0.3 is 29.7 Å². The highest BCUT2D eigenvalue weighted by molar-refractivity contribution is 5.90. The number of amides is 2. The molecule has 256 valence electrons. The van der Waals surface area contributed by atoms with Crippen molar-refractivity contribution in [3.05, 3.63) is 95.1 Å². The molecule has 2 amide bonds. The summed E-state index contributed by atoms with van der Waals surface area (Å²) in [5.41, 5.74) is 5.36. The van der Waals surface area contributed by atoms with E-state index in [2.05, 4.69) is 10.2 Å². The van der Waals surface area contributed by atoms with Crippen molar-refractivity contribution in [2.45, 2.75) is 82.4 Å². The van der Waals surface area contributed by atoms with E-state index in [4.69, 9.17) is 9.47 Å². The number of piperidine rings is 1. The Balaban J connectivity index is 1.16. The highest BCUT2D eigenvalue weighted by atomic mass is 19.4. The molecule has 3 aromatic carbocycles. The number of alkyl halides is 3. The molecular weight excluding hydrogens is 623 g/mol.